The average Bonchev–Trinajstić information content (AvgIpc) is 2.62. The Balaban J connectivity index is 1.95. The van der Waals surface area contributed by atoms with Crippen LogP contribution >= 0.6 is 0 Å². The van der Waals surface area contributed by atoms with Gasteiger partial charge in [0, 0.05) is 6.20 Å². The maximum absolute atomic E-state index is 10.7. The van der Waals surface area contributed by atoms with Gasteiger partial charge in [0.15, 0.2) is 0 Å². The Bertz CT molecular complexity index is 321. The number of amides is 1. The minimum absolute atomic E-state index is 0.0909. The molecule has 0 bridgehead atoms. The van der Waals surface area contributed by atoms with Gasteiger partial charge in [-0.05, 0) is 12.5 Å². The molecule has 1 N–H and O–H groups in total. The maximum atomic E-state index is 10.7. The third-order valence-electron chi connectivity index (χ3n) is 1.90. The van der Waals surface area contributed by atoms with Crippen molar-refractivity contribution in [1.29, 1.82) is 0 Å². The van der Waals surface area contributed by atoms with Crippen molar-refractivity contribution in [1.82, 2.24) is 15.1 Å². The standard InChI is InChI=1S/C8H11N3O2/c1-6-2-10-11(4-6)5-7-3-9-8(12)13-7/h2,4,7H,3,5H2,1H3,(H,9,12). The smallest absolute Gasteiger partial charge is 0.407 e. The summed E-state index contributed by atoms with van der Waals surface area (Å²) in [6.45, 7) is 3.16. The number of nitrogens with zero attached hydrogens (tertiary/aromatic N) is 2. The molecule has 70 valence electrons. The van der Waals surface area contributed by atoms with Gasteiger partial charge in [0.2, 0.25) is 0 Å². The predicted molar refractivity (Wildman–Crippen MR) is 45.2 cm³/mol. The molecule has 1 atom stereocenters. The molecule has 1 amide bonds. The van der Waals surface area contributed by atoms with Crippen LogP contribution < -0.4 is 5.32 Å². The van der Waals surface area contributed by atoms with Gasteiger partial charge < -0.3 is 10.1 Å². The summed E-state index contributed by atoms with van der Waals surface area (Å²) >= 11 is 0. The lowest BCUT2D eigenvalue weighted by Gasteiger charge is -2.06. The first kappa shape index (κ1) is 8.10. The zero-order valence-electron chi connectivity index (χ0n) is 7.36. The minimum Gasteiger partial charge on any atom is -0.442 e. The zero-order chi connectivity index (χ0) is 9.26. The van der Waals surface area contributed by atoms with Crippen molar-refractivity contribution in [3.63, 3.8) is 0 Å². The summed E-state index contributed by atoms with van der Waals surface area (Å²) in [4.78, 5) is 10.7. The van der Waals surface area contributed by atoms with Crippen LogP contribution in [0.4, 0.5) is 4.79 Å². The molecule has 1 aliphatic rings. The second kappa shape index (κ2) is 3.08. The SMILES string of the molecule is Cc1cnn(CC2CNC(=O)O2)c1. The average molecular weight is 181 g/mol. The molecule has 1 aliphatic heterocycles. The van der Waals surface area contributed by atoms with Crippen molar-refractivity contribution < 1.29 is 9.53 Å². The number of rotatable bonds is 2. The predicted octanol–water partition coefficient (Wildman–Crippen LogP) is 0.300. The summed E-state index contributed by atoms with van der Waals surface area (Å²) in [5.41, 5.74) is 1.11. The molecule has 2 rings (SSSR count). The van der Waals surface area contributed by atoms with Gasteiger partial charge in [0.05, 0.1) is 19.3 Å². The van der Waals surface area contributed by atoms with Crippen LogP contribution in [0.1, 0.15) is 5.56 Å². The van der Waals surface area contributed by atoms with Gasteiger partial charge in [-0.2, -0.15) is 5.10 Å². The lowest BCUT2D eigenvalue weighted by molar-refractivity contribution is 0.129. The van der Waals surface area contributed by atoms with Crippen molar-refractivity contribution in [2.45, 2.75) is 19.6 Å². The molecule has 0 aliphatic carbocycles. The highest BCUT2D eigenvalue weighted by atomic mass is 16.6. The van der Waals surface area contributed by atoms with Crippen LogP contribution in [0.2, 0.25) is 0 Å². The number of aryl methyl sites for hydroxylation is 1. The fraction of sp³-hybridized carbons (Fsp3) is 0.500. The van der Waals surface area contributed by atoms with Crippen molar-refractivity contribution in [2.75, 3.05) is 6.54 Å². The van der Waals surface area contributed by atoms with E-state index in [0.717, 1.165) is 5.56 Å². The van der Waals surface area contributed by atoms with Crippen LogP contribution in [-0.2, 0) is 11.3 Å². The number of hydrogen-bond donors (Lipinski definition) is 1. The number of alkyl carbamates (subject to hydrolysis) is 1. The third kappa shape index (κ3) is 1.80. The quantitative estimate of drug-likeness (QED) is 0.713. The lowest BCUT2D eigenvalue weighted by Crippen LogP contribution is -2.20. The Hall–Kier alpha value is -1.52. The van der Waals surface area contributed by atoms with Gasteiger partial charge in [-0.3, -0.25) is 4.68 Å². The van der Waals surface area contributed by atoms with Gasteiger partial charge >= 0.3 is 6.09 Å². The Morgan fingerprint density at radius 3 is 3.23 bits per heavy atom. The summed E-state index contributed by atoms with van der Waals surface area (Å²) in [5, 5.41) is 6.70. The summed E-state index contributed by atoms with van der Waals surface area (Å²) in [6, 6.07) is 0. The highest BCUT2D eigenvalue weighted by Gasteiger charge is 2.22. The molecule has 1 aromatic heterocycles. The summed E-state index contributed by atoms with van der Waals surface area (Å²) < 4.78 is 6.74. The number of aromatic nitrogens is 2. The van der Waals surface area contributed by atoms with E-state index in [9.17, 15) is 4.79 Å². The highest BCUT2D eigenvalue weighted by molar-refractivity contribution is 5.69. The van der Waals surface area contributed by atoms with E-state index in [1.807, 2.05) is 13.1 Å². The molecule has 5 heteroatoms. The summed E-state index contributed by atoms with van der Waals surface area (Å²) in [5.74, 6) is 0. The lowest BCUT2D eigenvalue weighted by atomic mass is 10.3. The minimum atomic E-state index is -0.339. The molecule has 1 unspecified atom stereocenters. The number of ether oxygens (including phenoxy) is 1. The molecule has 0 radical (unpaired) electrons. The third-order valence-corrected chi connectivity index (χ3v) is 1.90. The van der Waals surface area contributed by atoms with Crippen LogP contribution in [0.5, 0.6) is 0 Å². The molecule has 1 saturated heterocycles. The van der Waals surface area contributed by atoms with Gasteiger partial charge in [-0.1, -0.05) is 0 Å². The van der Waals surface area contributed by atoms with Crippen molar-refractivity contribution >= 4 is 6.09 Å². The van der Waals surface area contributed by atoms with Gasteiger partial charge in [0.1, 0.15) is 6.10 Å². The van der Waals surface area contributed by atoms with Crippen molar-refractivity contribution in [3.05, 3.63) is 18.0 Å². The van der Waals surface area contributed by atoms with Crippen LogP contribution in [0.25, 0.3) is 0 Å². The Labute approximate surface area is 75.7 Å². The molecule has 0 aromatic carbocycles. The van der Waals surface area contributed by atoms with Gasteiger partial charge in [-0.15, -0.1) is 0 Å². The van der Waals surface area contributed by atoms with E-state index in [1.165, 1.54) is 0 Å². The second-order valence-corrected chi connectivity index (χ2v) is 3.15. The monoisotopic (exact) mass is 181 g/mol. The molecule has 1 aromatic rings. The fourth-order valence-electron chi connectivity index (χ4n) is 1.31. The highest BCUT2D eigenvalue weighted by Crippen LogP contribution is 2.03. The van der Waals surface area contributed by atoms with E-state index < -0.39 is 0 Å². The topological polar surface area (TPSA) is 56.2 Å². The zero-order valence-corrected chi connectivity index (χ0v) is 7.36. The molecule has 5 nitrogen and oxygen atoms in total. The molecule has 0 spiro atoms. The van der Waals surface area contributed by atoms with E-state index >= 15 is 0 Å². The molecule has 0 saturated carbocycles. The Morgan fingerprint density at radius 2 is 2.69 bits per heavy atom. The Morgan fingerprint density at radius 1 is 1.85 bits per heavy atom. The van der Waals surface area contributed by atoms with E-state index in [1.54, 1.807) is 10.9 Å². The largest absolute Gasteiger partial charge is 0.442 e. The van der Waals surface area contributed by atoms with E-state index in [-0.39, 0.29) is 12.2 Å². The van der Waals surface area contributed by atoms with E-state index in [0.29, 0.717) is 13.1 Å². The summed E-state index contributed by atoms with van der Waals surface area (Å²) in [7, 11) is 0. The van der Waals surface area contributed by atoms with Crippen molar-refractivity contribution in [3.8, 4) is 0 Å². The number of nitrogens with one attached hydrogen (secondary N) is 1. The van der Waals surface area contributed by atoms with Crippen molar-refractivity contribution in [2.24, 2.45) is 0 Å². The normalized spacial score (nSPS) is 21.3. The van der Waals surface area contributed by atoms with Gasteiger partial charge in [-0.25, -0.2) is 4.79 Å². The van der Waals surface area contributed by atoms with E-state index in [2.05, 4.69) is 10.4 Å². The maximum Gasteiger partial charge on any atom is 0.407 e. The molecule has 1 fully saturated rings. The number of carbonyl (C=O) groups is 1. The molecular formula is C8H11N3O2. The van der Waals surface area contributed by atoms with Crippen LogP contribution in [0.15, 0.2) is 12.4 Å². The van der Waals surface area contributed by atoms with Crippen LogP contribution in [0.3, 0.4) is 0 Å². The number of cyclic esters (lactones) is 1. The van der Waals surface area contributed by atoms with Crippen LogP contribution in [-0.4, -0.2) is 28.5 Å². The first-order chi connectivity index (χ1) is 6.24. The van der Waals surface area contributed by atoms with Crippen LogP contribution in [0, 0.1) is 6.92 Å². The summed E-state index contributed by atoms with van der Waals surface area (Å²) in [6.07, 6.45) is 3.27. The Kier molecular flexibility index (Phi) is 1.92. The number of carbonyl (C=O) groups excluding carboxylic acids is 1. The van der Waals surface area contributed by atoms with Gasteiger partial charge in [0.25, 0.3) is 0 Å². The fourth-order valence-corrected chi connectivity index (χ4v) is 1.31. The molecule has 2 heterocycles. The first-order valence-corrected chi connectivity index (χ1v) is 4.17. The second-order valence-electron chi connectivity index (χ2n) is 3.15. The first-order valence-electron chi connectivity index (χ1n) is 4.17. The molecular weight excluding hydrogens is 170 g/mol. The molecule has 13 heavy (non-hydrogen) atoms. The number of hydrogen-bond acceptors (Lipinski definition) is 3. The van der Waals surface area contributed by atoms with E-state index in [4.69, 9.17) is 4.74 Å².